The highest BCUT2D eigenvalue weighted by atomic mass is 16.5. The van der Waals surface area contributed by atoms with Crippen LogP contribution in [0.25, 0.3) is 0 Å². The summed E-state index contributed by atoms with van der Waals surface area (Å²) in [5, 5.41) is 0. The Kier molecular flexibility index (Phi) is 3.66. The molecule has 1 aromatic rings. The lowest BCUT2D eigenvalue weighted by Crippen LogP contribution is -2.50. The van der Waals surface area contributed by atoms with E-state index in [0.717, 1.165) is 24.3 Å². The molecule has 1 saturated heterocycles. The number of carbonyl (C=O) groups is 1. The lowest BCUT2D eigenvalue weighted by Gasteiger charge is -2.37. The molecule has 2 unspecified atom stereocenters. The van der Waals surface area contributed by atoms with Gasteiger partial charge in [0.2, 0.25) is 5.91 Å². The van der Waals surface area contributed by atoms with Gasteiger partial charge in [0, 0.05) is 13.0 Å². The zero-order valence-electron chi connectivity index (χ0n) is 12.1. The molecule has 0 spiro atoms. The minimum absolute atomic E-state index is 0.128. The van der Waals surface area contributed by atoms with Crippen molar-refractivity contribution in [1.29, 1.82) is 0 Å². The summed E-state index contributed by atoms with van der Waals surface area (Å²) in [6.45, 7) is 6.13. The van der Waals surface area contributed by atoms with E-state index in [1.54, 1.807) is 0 Å². The van der Waals surface area contributed by atoms with E-state index in [-0.39, 0.29) is 18.1 Å². The topological polar surface area (TPSA) is 38.8 Å². The normalized spacial score (nSPS) is 25.2. The van der Waals surface area contributed by atoms with Gasteiger partial charge in [-0.15, -0.1) is 0 Å². The molecule has 0 aromatic heterocycles. The number of ether oxygens (including phenoxy) is 2. The number of fused-ring (bicyclic) bond motifs is 1. The van der Waals surface area contributed by atoms with E-state index in [0.29, 0.717) is 19.6 Å². The standard InChI is InChI=1S/C16H21NO3/c1-11-10-20-12(2)9-17(11)16(18)8-13-3-4-15-14(7-13)5-6-19-15/h3-4,7,11-12H,5-6,8-10H2,1-2H3. The summed E-state index contributed by atoms with van der Waals surface area (Å²) in [6.07, 6.45) is 1.54. The number of morpholine rings is 1. The van der Waals surface area contributed by atoms with Crippen molar-refractivity contribution in [2.75, 3.05) is 19.8 Å². The molecule has 0 N–H and O–H groups in total. The van der Waals surface area contributed by atoms with Gasteiger partial charge in [0.05, 0.1) is 31.8 Å². The molecule has 0 aliphatic carbocycles. The predicted molar refractivity (Wildman–Crippen MR) is 75.9 cm³/mol. The maximum atomic E-state index is 12.5. The lowest BCUT2D eigenvalue weighted by molar-refractivity contribution is -0.142. The van der Waals surface area contributed by atoms with Gasteiger partial charge in [0.1, 0.15) is 5.75 Å². The van der Waals surface area contributed by atoms with Crippen LogP contribution in [0.4, 0.5) is 0 Å². The minimum Gasteiger partial charge on any atom is -0.493 e. The molecule has 1 amide bonds. The van der Waals surface area contributed by atoms with Gasteiger partial charge < -0.3 is 14.4 Å². The molecular formula is C16H21NO3. The summed E-state index contributed by atoms with van der Waals surface area (Å²) in [5.74, 6) is 1.15. The van der Waals surface area contributed by atoms with Crippen molar-refractivity contribution in [1.82, 2.24) is 4.90 Å². The van der Waals surface area contributed by atoms with Crippen LogP contribution < -0.4 is 4.74 Å². The third kappa shape index (κ3) is 2.66. The number of rotatable bonds is 2. The fraction of sp³-hybridized carbons (Fsp3) is 0.562. The molecule has 4 heteroatoms. The number of hydrogen-bond acceptors (Lipinski definition) is 3. The molecule has 0 radical (unpaired) electrons. The van der Waals surface area contributed by atoms with Gasteiger partial charge >= 0.3 is 0 Å². The first kappa shape index (κ1) is 13.4. The molecule has 20 heavy (non-hydrogen) atoms. The molecule has 2 aliphatic rings. The molecule has 108 valence electrons. The Bertz CT molecular complexity index is 514. The molecule has 0 saturated carbocycles. The van der Waals surface area contributed by atoms with Crippen LogP contribution >= 0.6 is 0 Å². The third-order valence-corrected chi connectivity index (χ3v) is 4.04. The second-order valence-corrected chi connectivity index (χ2v) is 5.76. The van der Waals surface area contributed by atoms with Crippen LogP contribution in [0.5, 0.6) is 5.75 Å². The Morgan fingerprint density at radius 3 is 3.10 bits per heavy atom. The Balaban J connectivity index is 1.69. The van der Waals surface area contributed by atoms with Gasteiger partial charge in [-0.3, -0.25) is 4.79 Å². The molecule has 2 atom stereocenters. The highest BCUT2D eigenvalue weighted by Crippen LogP contribution is 2.26. The smallest absolute Gasteiger partial charge is 0.227 e. The molecule has 1 fully saturated rings. The number of amides is 1. The first-order chi connectivity index (χ1) is 9.63. The fourth-order valence-electron chi connectivity index (χ4n) is 2.88. The summed E-state index contributed by atoms with van der Waals surface area (Å²) in [6, 6.07) is 6.25. The molecule has 4 nitrogen and oxygen atoms in total. The van der Waals surface area contributed by atoms with Crippen LogP contribution in [-0.2, 0) is 22.4 Å². The summed E-state index contributed by atoms with van der Waals surface area (Å²) in [4.78, 5) is 14.4. The summed E-state index contributed by atoms with van der Waals surface area (Å²) < 4.78 is 11.1. The quantitative estimate of drug-likeness (QED) is 0.826. The molecule has 2 heterocycles. The first-order valence-electron chi connectivity index (χ1n) is 7.29. The monoisotopic (exact) mass is 275 g/mol. The van der Waals surface area contributed by atoms with Crippen LogP contribution in [0.1, 0.15) is 25.0 Å². The number of nitrogens with zero attached hydrogens (tertiary/aromatic N) is 1. The van der Waals surface area contributed by atoms with Crippen LogP contribution in [0, 0.1) is 0 Å². The Hall–Kier alpha value is -1.55. The molecule has 3 rings (SSSR count). The van der Waals surface area contributed by atoms with E-state index in [1.807, 2.05) is 30.9 Å². The molecular weight excluding hydrogens is 254 g/mol. The Labute approximate surface area is 119 Å². The highest BCUT2D eigenvalue weighted by molar-refractivity contribution is 5.79. The fourth-order valence-corrected chi connectivity index (χ4v) is 2.88. The van der Waals surface area contributed by atoms with E-state index in [9.17, 15) is 4.79 Å². The average molecular weight is 275 g/mol. The van der Waals surface area contributed by atoms with Gasteiger partial charge in [-0.2, -0.15) is 0 Å². The molecule has 0 bridgehead atoms. The lowest BCUT2D eigenvalue weighted by atomic mass is 10.0. The third-order valence-electron chi connectivity index (χ3n) is 4.04. The van der Waals surface area contributed by atoms with Crippen molar-refractivity contribution in [3.63, 3.8) is 0 Å². The van der Waals surface area contributed by atoms with Gasteiger partial charge in [-0.05, 0) is 31.0 Å². The van der Waals surface area contributed by atoms with E-state index >= 15 is 0 Å². The van der Waals surface area contributed by atoms with Gasteiger partial charge in [0.15, 0.2) is 0 Å². The highest BCUT2D eigenvalue weighted by Gasteiger charge is 2.27. The van der Waals surface area contributed by atoms with E-state index < -0.39 is 0 Å². The van der Waals surface area contributed by atoms with Crippen molar-refractivity contribution in [2.45, 2.75) is 38.8 Å². The average Bonchev–Trinajstić information content (AvgIpc) is 2.89. The van der Waals surface area contributed by atoms with Crippen molar-refractivity contribution in [3.8, 4) is 5.75 Å². The van der Waals surface area contributed by atoms with Crippen molar-refractivity contribution >= 4 is 5.91 Å². The van der Waals surface area contributed by atoms with E-state index in [1.165, 1.54) is 5.56 Å². The largest absolute Gasteiger partial charge is 0.493 e. The van der Waals surface area contributed by atoms with Gasteiger partial charge in [0.25, 0.3) is 0 Å². The zero-order valence-corrected chi connectivity index (χ0v) is 12.1. The van der Waals surface area contributed by atoms with E-state index in [4.69, 9.17) is 9.47 Å². The second-order valence-electron chi connectivity index (χ2n) is 5.76. The summed E-state index contributed by atoms with van der Waals surface area (Å²) in [7, 11) is 0. The second kappa shape index (κ2) is 5.44. The zero-order chi connectivity index (χ0) is 14.1. The predicted octanol–water partition coefficient (Wildman–Crippen LogP) is 1.80. The Morgan fingerprint density at radius 1 is 1.40 bits per heavy atom. The van der Waals surface area contributed by atoms with Crippen LogP contribution in [0.3, 0.4) is 0 Å². The van der Waals surface area contributed by atoms with Crippen LogP contribution in [0.15, 0.2) is 18.2 Å². The van der Waals surface area contributed by atoms with Crippen molar-refractivity contribution < 1.29 is 14.3 Å². The maximum Gasteiger partial charge on any atom is 0.227 e. The van der Waals surface area contributed by atoms with Crippen LogP contribution in [-0.4, -0.2) is 42.7 Å². The van der Waals surface area contributed by atoms with Gasteiger partial charge in [-0.25, -0.2) is 0 Å². The SMILES string of the molecule is CC1CN(C(=O)Cc2ccc3c(c2)CCO3)C(C)CO1. The summed E-state index contributed by atoms with van der Waals surface area (Å²) in [5.41, 5.74) is 2.30. The van der Waals surface area contributed by atoms with Crippen LogP contribution in [0.2, 0.25) is 0 Å². The Morgan fingerprint density at radius 2 is 2.25 bits per heavy atom. The number of benzene rings is 1. The molecule has 2 aliphatic heterocycles. The van der Waals surface area contributed by atoms with Gasteiger partial charge in [-0.1, -0.05) is 12.1 Å². The van der Waals surface area contributed by atoms with E-state index in [2.05, 4.69) is 6.07 Å². The van der Waals surface area contributed by atoms with Crippen molar-refractivity contribution in [3.05, 3.63) is 29.3 Å². The summed E-state index contributed by atoms with van der Waals surface area (Å²) >= 11 is 0. The number of carbonyl (C=O) groups excluding carboxylic acids is 1. The maximum absolute atomic E-state index is 12.5. The number of hydrogen-bond donors (Lipinski definition) is 0. The first-order valence-corrected chi connectivity index (χ1v) is 7.29. The molecule has 1 aromatic carbocycles. The van der Waals surface area contributed by atoms with Crippen molar-refractivity contribution in [2.24, 2.45) is 0 Å². The minimum atomic E-state index is 0.128.